The van der Waals surface area contributed by atoms with E-state index in [0.29, 0.717) is 25.3 Å². The maximum atomic E-state index is 14.0. The maximum absolute atomic E-state index is 14.0. The topological polar surface area (TPSA) is 43.9 Å². The third-order valence-electron chi connectivity index (χ3n) is 5.29. The highest BCUT2D eigenvalue weighted by Crippen LogP contribution is 2.33. The van der Waals surface area contributed by atoms with Gasteiger partial charge < -0.3 is 9.80 Å². The molecule has 0 unspecified atom stereocenters. The Morgan fingerprint density at radius 3 is 2.71 bits per heavy atom. The molecule has 0 spiro atoms. The van der Waals surface area contributed by atoms with Crippen molar-refractivity contribution < 1.29 is 14.0 Å². The van der Waals surface area contributed by atoms with E-state index in [1.54, 1.807) is 18.2 Å². The Hall–Kier alpha value is -2.21. The summed E-state index contributed by atoms with van der Waals surface area (Å²) < 4.78 is 14.0. The fourth-order valence-corrected chi connectivity index (χ4v) is 3.97. The molecule has 2 saturated heterocycles. The van der Waals surface area contributed by atoms with Gasteiger partial charge in [0.2, 0.25) is 11.8 Å². The van der Waals surface area contributed by atoms with Crippen LogP contribution in [-0.2, 0) is 9.59 Å². The van der Waals surface area contributed by atoms with Gasteiger partial charge in [0.15, 0.2) is 0 Å². The number of likely N-dealkylation sites (N-methyl/N-ethyl adjacent to an activating group) is 1. The van der Waals surface area contributed by atoms with Crippen LogP contribution in [-0.4, -0.2) is 54.0 Å². The van der Waals surface area contributed by atoms with E-state index in [9.17, 15) is 14.0 Å². The van der Waals surface area contributed by atoms with Crippen molar-refractivity contribution in [2.45, 2.75) is 24.9 Å². The fourth-order valence-electron chi connectivity index (χ4n) is 3.97. The van der Waals surface area contributed by atoms with Crippen molar-refractivity contribution in [2.24, 2.45) is 5.92 Å². The lowest BCUT2D eigenvalue weighted by atomic mass is 10.1. The van der Waals surface area contributed by atoms with Crippen LogP contribution in [0.3, 0.4) is 0 Å². The van der Waals surface area contributed by atoms with Crippen LogP contribution in [0.25, 0.3) is 0 Å². The number of amides is 2. The first kappa shape index (κ1) is 15.3. The van der Waals surface area contributed by atoms with Crippen LogP contribution >= 0.6 is 0 Å². The summed E-state index contributed by atoms with van der Waals surface area (Å²) in [7, 11) is 1.86. The standard InChI is InChI=1S/C18H20FN3O2/c1-20(11-22-13-7-6-12(10-13)17(22)23)16-8-9-21(18(16)24)15-5-3-2-4-14(15)19/h2-7,12-13,16H,8-11H2,1H3/t12-,13-,16+/m0/s1. The lowest BCUT2D eigenvalue weighted by molar-refractivity contribution is -0.134. The summed E-state index contributed by atoms with van der Waals surface area (Å²) in [5.41, 5.74) is 0.331. The number of fused-ring (bicyclic) bond motifs is 2. The molecule has 3 aliphatic rings. The summed E-state index contributed by atoms with van der Waals surface area (Å²) in [5.74, 6) is -0.329. The second-order valence-electron chi connectivity index (χ2n) is 6.75. The highest BCUT2D eigenvalue weighted by molar-refractivity contribution is 5.99. The number of carbonyl (C=O) groups is 2. The summed E-state index contributed by atoms with van der Waals surface area (Å²) in [5, 5.41) is 0. The van der Waals surface area contributed by atoms with E-state index in [2.05, 4.69) is 6.08 Å². The van der Waals surface area contributed by atoms with Crippen molar-refractivity contribution in [2.75, 3.05) is 25.2 Å². The third-order valence-corrected chi connectivity index (χ3v) is 5.29. The number of rotatable bonds is 4. The van der Waals surface area contributed by atoms with Crippen LogP contribution in [0.1, 0.15) is 12.8 Å². The molecule has 0 aromatic heterocycles. The Balaban J connectivity index is 1.46. The summed E-state index contributed by atoms with van der Waals surface area (Å²) in [6.45, 7) is 0.931. The van der Waals surface area contributed by atoms with Gasteiger partial charge in [-0.3, -0.25) is 14.5 Å². The molecule has 0 saturated carbocycles. The molecule has 1 aliphatic carbocycles. The summed E-state index contributed by atoms with van der Waals surface area (Å²) in [4.78, 5) is 30.2. The molecule has 24 heavy (non-hydrogen) atoms. The van der Waals surface area contributed by atoms with E-state index < -0.39 is 0 Å². The molecule has 4 rings (SSSR count). The Kier molecular flexibility index (Phi) is 3.64. The summed E-state index contributed by atoms with van der Waals surface area (Å²) in [6.07, 6.45) is 5.54. The molecule has 3 atom stereocenters. The number of benzene rings is 1. The van der Waals surface area contributed by atoms with Crippen molar-refractivity contribution in [3.05, 3.63) is 42.2 Å². The van der Waals surface area contributed by atoms with Gasteiger partial charge in [-0.05, 0) is 32.0 Å². The molecule has 2 fully saturated rings. The smallest absolute Gasteiger partial charge is 0.244 e. The highest BCUT2D eigenvalue weighted by atomic mass is 19.1. The monoisotopic (exact) mass is 329 g/mol. The van der Waals surface area contributed by atoms with Crippen LogP contribution < -0.4 is 4.90 Å². The fraction of sp³-hybridized carbons (Fsp3) is 0.444. The van der Waals surface area contributed by atoms with Crippen molar-refractivity contribution in [3.63, 3.8) is 0 Å². The van der Waals surface area contributed by atoms with E-state index in [-0.39, 0.29) is 35.6 Å². The zero-order valence-electron chi connectivity index (χ0n) is 13.6. The van der Waals surface area contributed by atoms with E-state index in [1.807, 2.05) is 22.9 Å². The lowest BCUT2D eigenvalue weighted by Crippen LogP contribution is -2.48. The average molecular weight is 329 g/mol. The predicted molar refractivity (Wildman–Crippen MR) is 87.7 cm³/mol. The number of carbonyl (C=O) groups excluding carboxylic acids is 2. The van der Waals surface area contributed by atoms with E-state index in [4.69, 9.17) is 0 Å². The zero-order valence-corrected chi connectivity index (χ0v) is 13.6. The van der Waals surface area contributed by atoms with Gasteiger partial charge in [-0.2, -0.15) is 0 Å². The number of nitrogens with zero attached hydrogens (tertiary/aromatic N) is 3. The first-order valence-electron chi connectivity index (χ1n) is 8.31. The minimum absolute atomic E-state index is 0.0117. The van der Waals surface area contributed by atoms with Gasteiger partial charge in [0.05, 0.1) is 30.4 Å². The number of hydrogen-bond donors (Lipinski definition) is 0. The van der Waals surface area contributed by atoms with E-state index in [0.717, 1.165) is 6.42 Å². The lowest BCUT2D eigenvalue weighted by Gasteiger charge is -2.32. The molecular weight excluding hydrogens is 309 g/mol. The van der Waals surface area contributed by atoms with E-state index >= 15 is 0 Å². The Labute approximate surface area is 140 Å². The maximum Gasteiger partial charge on any atom is 0.244 e. The van der Waals surface area contributed by atoms with Gasteiger partial charge in [-0.25, -0.2) is 4.39 Å². The van der Waals surface area contributed by atoms with Crippen molar-refractivity contribution in [1.82, 2.24) is 9.80 Å². The molecule has 2 bridgehead atoms. The van der Waals surface area contributed by atoms with Crippen LogP contribution in [0.15, 0.2) is 36.4 Å². The quantitative estimate of drug-likeness (QED) is 0.788. The van der Waals surface area contributed by atoms with Crippen LogP contribution in [0.2, 0.25) is 0 Å². The second-order valence-corrected chi connectivity index (χ2v) is 6.75. The summed E-state index contributed by atoms with van der Waals surface area (Å²) in [6, 6.07) is 6.18. The Morgan fingerprint density at radius 1 is 1.21 bits per heavy atom. The first-order chi connectivity index (χ1) is 11.6. The molecule has 0 N–H and O–H groups in total. The largest absolute Gasteiger partial charge is 0.323 e. The number of anilines is 1. The number of para-hydroxylation sites is 1. The van der Waals surface area contributed by atoms with Gasteiger partial charge in [0.25, 0.3) is 0 Å². The molecule has 2 aliphatic heterocycles. The van der Waals surface area contributed by atoms with Gasteiger partial charge in [0, 0.05) is 6.54 Å². The van der Waals surface area contributed by atoms with Gasteiger partial charge in [0.1, 0.15) is 5.82 Å². The first-order valence-corrected chi connectivity index (χ1v) is 8.31. The van der Waals surface area contributed by atoms with Crippen molar-refractivity contribution >= 4 is 17.5 Å². The summed E-state index contributed by atoms with van der Waals surface area (Å²) >= 11 is 0. The van der Waals surface area contributed by atoms with Gasteiger partial charge in [-0.15, -0.1) is 0 Å². The molecule has 2 amide bonds. The average Bonchev–Trinajstić information content (AvgIpc) is 3.25. The number of hydrogen-bond acceptors (Lipinski definition) is 3. The number of halogens is 1. The van der Waals surface area contributed by atoms with Crippen LogP contribution in [0, 0.1) is 11.7 Å². The minimum atomic E-state index is -0.383. The molecule has 126 valence electrons. The van der Waals surface area contributed by atoms with Crippen LogP contribution in [0.4, 0.5) is 10.1 Å². The minimum Gasteiger partial charge on any atom is -0.323 e. The van der Waals surface area contributed by atoms with Crippen LogP contribution in [0.5, 0.6) is 0 Å². The van der Waals surface area contributed by atoms with Gasteiger partial charge in [-0.1, -0.05) is 24.3 Å². The second kappa shape index (κ2) is 5.70. The highest BCUT2D eigenvalue weighted by Gasteiger charge is 2.43. The van der Waals surface area contributed by atoms with Gasteiger partial charge >= 0.3 is 0 Å². The molecule has 0 radical (unpaired) electrons. The molecule has 5 nitrogen and oxygen atoms in total. The van der Waals surface area contributed by atoms with E-state index in [1.165, 1.54) is 11.0 Å². The Morgan fingerprint density at radius 2 is 2.00 bits per heavy atom. The molecule has 1 aromatic carbocycles. The Bertz CT molecular complexity index is 720. The number of likely N-dealkylation sites (tertiary alicyclic amines) is 1. The van der Waals surface area contributed by atoms with Crippen molar-refractivity contribution in [1.29, 1.82) is 0 Å². The third kappa shape index (κ3) is 2.33. The predicted octanol–water partition coefficient (Wildman–Crippen LogP) is 1.61. The molecular formula is C18H20FN3O2. The van der Waals surface area contributed by atoms with Crippen molar-refractivity contribution in [3.8, 4) is 0 Å². The molecule has 1 aromatic rings. The SMILES string of the molecule is CN(CN1C(=O)[C@H]2C=C[C@H]1C2)[C@@H]1CCN(c2ccccc2F)C1=O. The molecule has 2 heterocycles. The molecule has 6 heteroatoms. The zero-order chi connectivity index (χ0) is 16.8. The normalized spacial score (nSPS) is 28.7.